The topological polar surface area (TPSA) is 50.7 Å². The summed E-state index contributed by atoms with van der Waals surface area (Å²) in [5, 5.41) is 13.2. The number of hydrogen-bond donors (Lipinski definition) is 2. The molecule has 0 heterocycles. The summed E-state index contributed by atoms with van der Waals surface area (Å²) in [5.74, 6) is 1.28. The van der Waals surface area contributed by atoms with Gasteiger partial charge in [-0.1, -0.05) is 35.3 Å². The third-order valence-electron chi connectivity index (χ3n) is 3.50. The van der Waals surface area contributed by atoms with Crippen LogP contribution in [0.1, 0.15) is 17.5 Å². The summed E-state index contributed by atoms with van der Waals surface area (Å²) in [5.41, 5.74) is 1.82. The lowest BCUT2D eigenvalue weighted by atomic mass is 10.2. The standard InChI is InChI=1S/C18H21Cl2NO3/c1-23-18-10-13(11-21-8-3-9-22)6-7-17(18)24-12-14-15(19)4-2-5-16(14)20/h2,4-7,10,21-22H,3,8-9,11-12H2,1H3. The average Bonchev–Trinajstić information content (AvgIpc) is 2.59. The molecule has 2 aromatic carbocycles. The molecule has 0 atom stereocenters. The van der Waals surface area contributed by atoms with Gasteiger partial charge in [-0.15, -0.1) is 0 Å². The van der Waals surface area contributed by atoms with Crippen LogP contribution in [0.3, 0.4) is 0 Å². The van der Waals surface area contributed by atoms with Gasteiger partial charge < -0.3 is 19.9 Å². The summed E-state index contributed by atoms with van der Waals surface area (Å²) in [6, 6.07) is 11.1. The van der Waals surface area contributed by atoms with E-state index in [4.69, 9.17) is 37.8 Å². The van der Waals surface area contributed by atoms with E-state index in [0.29, 0.717) is 28.1 Å². The molecular formula is C18H21Cl2NO3. The van der Waals surface area contributed by atoms with Crippen LogP contribution in [0.15, 0.2) is 36.4 Å². The Labute approximate surface area is 152 Å². The SMILES string of the molecule is COc1cc(CNCCCO)ccc1OCc1c(Cl)cccc1Cl. The van der Waals surface area contributed by atoms with Crippen LogP contribution >= 0.6 is 23.2 Å². The molecule has 0 aliphatic carbocycles. The number of hydrogen-bond acceptors (Lipinski definition) is 4. The molecule has 0 aromatic heterocycles. The summed E-state index contributed by atoms with van der Waals surface area (Å²) in [6.45, 7) is 1.92. The molecule has 4 nitrogen and oxygen atoms in total. The number of nitrogens with one attached hydrogen (secondary N) is 1. The molecule has 2 rings (SSSR count). The molecule has 0 radical (unpaired) electrons. The van der Waals surface area contributed by atoms with Crippen LogP contribution in [-0.4, -0.2) is 25.4 Å². The van der Waals surface area contributed by atoms with Crippen LogP contribution in [0.4, 0.5) is 0 Å². The van der Waals surface area contributed by atoms with Crippen LogP contribution in [0.25, 0.3) is 0 Å². The van der Waals surface area contributed by atoms with Gasteiger partial charge in [0.25, 0.3) is 0 Å². The van der Waals surface area contributed by atoms with E-state index in [1.807, 2.05) is 18.2 Å². The second kappa shape index (κ2) is 9.74. The Kier molecular flexibility index (Phi) is 7.66. The van der Waals surface area contributed by atoms with Gasteiger partial charge in [-0.05, 0) is 42.8 Å². The minimum absolute atomic E-state index is 0.188. The van der Waals surface area contributed by atoms with Crippen molar-refractivity contribution >= 4 is 23.2 Å². The minimum atomic E-state index is 0.188. The van der Waals surface area contributed by atoms with E-state index in [1.54, 1.807) is 25.3 Å². The van der Waals surface area contributed by atoms with E-state index >= 15 is 0 Å². The average molecular weight is 370 g/mol. The van der Waals surface area contributed by atoms with Crippen molar-refractivity contribution in [1.29, 1.82) is 0 Å². The van der Waals surface area contributed by atoms with Crippen LogP contribution in [0.2, 0.25) is 10.0 Å². The zero-order chi connectivity index (χ0) is 17.4. The lowest BCUT2D eigenvalue weighted by Crippen LogP contribution is -2.15. The molecule has 6 heteroatoms. The van der Waals surface area contributed by atoms with Gasteiger partial charge in [0.05, 0.1) is 7.11 Å². The van der Waals surface area contributed by atoms with Gasteiger partial charge in [-0.25, -0.2) is 0 Å². The third kappa shape index (κ3) is 5.28. The van der Waals surface area contributed by atoms with Gasteiger partial charge in [0.2, 0.25) is 0 Å². The fraction of sp³-hybridized carbons (Fsp3) is 0.333. The number of halogens is 2. The maximum Gasteiger partial charge on any atom is 0.161 e. The highest BCUT2D eigenvalue weighted by Crippen LogP contribution is 2.31. The first-order valence-electron chi connectivity index (χ1n) is 7.70. The smallest absolute Gasteiger partial charge is 0.161 e. The van der Waals surface area contributed by atoms with Gasteiger partial charge in [0, 0.05) is 28.8 Å². The number of ether oxygens (including phenoxy) is 2. The maximum absolute atomic E-state index is 8.78. The molecule has 24 heavy (non-hydrogen) atoms. The maximum atomic E-state index is 8.78. The first-order chi connectivity index (χ1) is 11.7. The van der Waals surface area contributed by atoms with E-state index in [9.17, 15) is 0 Å². The molecule has 0 amide bonds. The summed E-state index contributed by atoms with van der Waals surface area (Å²) in [4.78, 5) is 0. The van der Waals surface area contributed by atoms with Gasteiger partial charge in [-0.3, -0.25) is 0 Å². The second-order valence-electron chi connectivity index (χ2n) is 5.23. The minimum Gasteiger partial charge on any atom is -0.493 e. The van der Waals surface area contributed by atoms with E-state index in [-0.39, 0.29) is 13.2 Å². The van der Waals surface area contributed by atoms with E-state index in [0.717, 1.165) is 24.1 Å². The number of methoxy groups -OCH3 is 1. The zero-order valence-corrected chi connectivity index (χ0v) is 15.0. The van der Waals surface area contributed by atoms with Crippen LogP contribution < -0.4 is 14.8 Å². The molecule has 0 spiro atoms. The van der Waals surface area contributed by atoms with E-state index in [2.05, 4.69) is 5.32 Å². The highest BCUT2D eigenvalue weighted by molar-refractivity contribution is 6.35. The van der Waals surface area contributed by atoms with Crippen molar-refractivity contribution in [2.75, 3.05) is 20.3 Å². The quantitative estimate of drug-likeness (QED) is 0.654. The predicted molar refractivity (Wildman–Crippen MR) is 97.2 cm³/mol. The Hall–Kier alpha value is -1.46. The molecule has 130 valence electrons. The Balaban J connectivity index is 2.02. The molecule has 0 saturated carbocycles. The van der Waals surface area contributed by atoms with E-state index < -0.39 is 0 Å². The van der Waals surface area contributed by atoms with Crippen molar-refractivity contribution in [1.82, 2.24) is 5.32 Å². The van der Waals surface area contributed by atoms with Crippen molar-refractivity contribution in [2.24, 2.45) is 0 Å². The molecule has 0 aliphatic rings. The summed E-state index contributed by atoms with van der Waals surface area (Å²) < 4.78 is 11.2. The highest BCUT2D eigenvalue weighted by Gasteiger charge is 2.10. The van der Waals surface area contributed by atoms with E-state index in [1.165, 1.54) is 0 Å². The zero-order valence-electron chi connectivity index (χ0n) is 13.5. The molecule has 2 N–H and O–H groups in total. The Bertz CT molecular complexity index is 644. The largest absolute Gasteiger partial charge is 0.493 e. The monoisotopic (exact) mass is 369 g/mol. The molecule has 0 saturated heterocycles. The molecular weight excluding hydrogens is 349 g/mol. The second-order valence-corrected chi connectivity index (χ2v) is 6.04. The number of benzene rings is 2. The lowest BCUT2D eigenvalue weighted by Gasteiger charge is -2.14. The first kappa shape index (κ1) is 18.9. The molecule has 0 aliphatic heterocycles. The van der Waals surface area contributed by atoms with Crippen molar-refractivity contribution < 1.29 is 14.6 Å². The highest BCUT2D eigenvalue weighted by atomic mass is 35.5. The van der Waals surface area contributed by atoms with Gasteiger partial charge in [0.15, 0.2) is 11.5 Å². The van der Waals surface area contributed by atoms with Gasteiger partial charge in [0.1, 0.15) is 6.61 Å². The number of rotatable bonds is 9. The fourth-order valence-electron chi connectivity index (χ4n) is 2.20. The number of aliphatic hydroxyl groups is 1. The summed E-state index contributed by atoms with van der Waals surface area (Å²) in [6.07, 6.45) is 0.733. The molecule has 0 unspecified atom stereocenters. The Morgan fingerprint density at radius 3 is 2.50 bits per heavy atom. The Morgan fingerprint density at radius 1 is 1.08 bits per heavy atom. The van der Waals surface area contributed by atoms with Crippen molar-refractivity contribution in [3.63, 3.8) is 0 Å². The lowest BCUT2D eigenvalue weighted by molar-refractivity contribution is 0.284. The van der Waals surface area contributed by atoms with Crippen molar-refractivity contribution in [2.45, 2.75) is 19.6 Å². The molecule has 0 fully saturated rings. The fourth-order valence-corrected chi connectivity index (χ4v) is 2.70. The van der Waals surface area contributed by atoms with Crippen LogP contribution in [0.5, 0.6) is 11.5 Å². The van der Waals surface area contributed by atoms with Gasteiger partial charge >= 0.3 is 0 Å². The molecule has 2 aromatic rings. The van der Waals surface area contributed by atoms with Crippen LogP contribution in [0, 0.1) is 0 Å². The summed E-state index contributed by atoms with van der Waals surface area (Å²) in [7, 11) is 1.60. The third-order valence-corrected chi connectivity index (χ3v) is 4.21. The summed E-state index contributed by atoms with van der Waals surface area (Å²) >= 11 is 12.3. The van der Waals surface area contributed by atoms with Crippen molar-refractivity contribution in [3.05, 3.63) is 57.6 Å². The predicted octanol–water partition coefficient (Wildman–Crippen LogP) is 4.05. The first-order valence-corrected chi connectivity index (χ1v) is 8.45. The Morgan fingerprint density at radius 2 is 1.83 bits per heavy atom. The van der Waals surface area contributed by atoms with Crippen LogP contribution in [-0.2, 0) is 13.2 Å². The normalized spacial score (nSPS) is 10.7. The van der Waals surface area contributed by atoms with Gasteiger partial charge in [-0.2, -0.15) is 0 Å². The molecule has 0 bridgehead atoms. The van der Waals surface area contributed by atoms with Crippen molar-refractivity contribution in [3.8, 4) is 11.5 Å². The number of aliphatic hydroxyl groups excluding tert-OH is 1.